The molecule has 0 radical (unpaired) electrons. The summed E-state index contributed by atoms with van der Waals surface area (Å²) in [6, 6.07) is 7.51. The number of benzene rings is 1. The molecule has 0 aliphatic carbocycles. The smallest absolute Gasteiger partial charge is 0.192 e. The van der Waals surface area contributed by atoms with Gasteiger partial charge in [0.2, 0.25) is 0 Å². The predicted octanol–water partition coefficient (Wildman–Crippen LogP) is 3.38. The zero-order valence-electron chi connectivity index (χ0n) is 12.3. The van der Waals surface area contributed by atoms with Crippen LogP contribution >= 0.6 is 0 Å². The monoisotopic (exact) mass is 271 g/mol. The van der Waals surface area contributed by atoms with E-state index in [-0.39, 0.29) is 17.1 Å². The minimum Gasteiger partial charge on any atom is -0.358 e. The van der Waals surface area contributed by atoms with E-state index < -0.39 is 0 Å². The summed E-state index contributed by atoms with van der Waals surface area (Å²) in [7, 11) is 0. The highest BCUT2D eigenvalue weighted by Gasteiger charge is 2.18. The van der Waals surface area contributed by atoms with Crippen molar-refractivity contribution < 1.29 is 4.79 Å². The van der Waals surface area contributed by atoms with Crippen LogP contribution in [0.4, 0.5) is 0 Å². The van der Waals surface area contributed by atoms with Crippen LogP contribution in [0.1, 0.15) is 37.9 Å². The van der Waals surface area contributed by atoms with Gasteiger partial charge in [0.1, 0.15) is 5.78 Å². The van der Waals surface area contributed by atoms with E-state index in [1.54, 1.807) is 6.92 Å². The number of carbonyl (C=O) groups is 1. The van der Waals surface area contributed by atoms with Gasteiger partial charge in [-0.15, -0.1) is 0 Å². The first-order valence-corrected chi connectivity index (χ1v) is 7.15. The summed E-state index contributed by atoms with van der Waals surface area (Å²) in [5, 5.41) is 0.701. The second kappa shape index (κ2) is 6.04. The molecule has 2 aromatic rings. The second-order valence-electron chi connectivity index (χ2n) is 5.40. The summed E-state index contributed by atoms with van der Waals surface area (Å²) in [5.41, 5.74) is 2.53. The van der Waals surface area contributed by atoms with Gasteiger partial charge in [-0.25, -0.2) is 0 Å². The molecule has 1 N–H and O–H groups in total. The molecule has 0 aliphatic rings. The second-order valence-corrected chi connectivity index (χ2v) is 5.40. The maximum atomic E-state index is 12.6. The lowest BCUT2D eigenvalue weighted by atomic mass is 9.90. The summed E-state index contributed by atoms with van der Waals surface area (Å²) in [5.74, 6) is 0.111. The molecule has 0 bridgehead atoms. The lowest BCUT2D eigenvalue weighted by molar-refractivity contribution is -0.120. The summed E-state index contributed by atoms with van der Waals surface area (Å²) in [6.07, 6.45) is 2.32. The van der Waals surface area contributed by atoms with Gasteiger partial charge >= 0.3 is 0 Å². The normalized spacial score (nSPS) is 12.6. The Bertz CT molecular complexity index is 685. The van der Waals surface area contributed by atoms with Crippen molar-refractivity contribution in [3.05, 3.63) is 45.7 Å². The average molecular weight is 271 g/mol. The van der Waals surface area contributed by atoms with Gasteiger partial charge in [0.15, 0.2) is 5.43 Å². The third kappa shape index (κ3) is 2.82. The largest absolute Gasteiger partial charge is 0.358 e. The topological polar surface area (TPSA) is 49.9 Å². The van der Waals surface area contributed by atoms with Gasteiger partial charge < -0.3 is 4.98 Å². The van der Waals surface area contributed by atoms with Gasteiger partial charge in [0.25, 0.3) is 0 Å². The molecule has 0 aliphatic heterocycles. The van der Waals surface area contributed by atoms with E-state index in [0.717, 1.165) is 29.6 Å². The van der Waals surface area contributed by atoms with E-state index in [0.29, 0.717) is 11.8 Å². The summed E-state index contributed by atoms with van der Waals surface area (Å²) >= 11 is 0. The van der Waals surface area contributed by atoms with Gasteiger partial charge in [0, 0.05) is 28.1 Å². The van der Waals surface area contributed by atoms with Crippen LogP contribution in [-0.4, -0.2) is 10.8 Å². The molecule has 0 fully saturated rings. The van der Waals surface area contributed by atoms with Crippen molar-refractivity contribution in [2.45, 2.75) is 40.0 Å². The Morgan fingerprint density at radius 3 is 2.65 bits per heavy atom. The van der Waals surface area contributed by atoms with Crippen LogP contribution in [0.15, 0.2) is 29.1 Å². The third-order valence-corrected chi connectivity index (χ3v) is 3.88. The molecule has 1 heterocycles. The Balaban J connectivity index is 2.49. The van der Waals surface area contributed by atoms with E-state index >= 15 is 0 Å². The first-order chi connectivity index (χ1) is 9.54. The van der Waals surface area contributed by atoms with Crippen LogP contribution in [0.3, 0.4) is 0 Å². The van der Waals surface area contributed by atoms with E-state index in [9.17, 15) is 9.59 Å². The highest BCUT2D eigenvalue weighted by molar-refractivity contribution is 5.81. The molecule has 0 saturated carbocycles. The molecule has 20 heavy (non-hydrogen) atoms. The van der Waals surface area contributed by atoms with E-state index in [1.807, 2.05) is 31.2 Å². The predicted molar refractivity (Wildman–Crippen MR) is 82.1 cm³/mol. The molecule has 2 rings (SSSR count). The summed E-state index contributed by atoms with van der Waals surface area (Å²) < 4.78 is 0. The van der Waals surface area contributed by atoms with Crippen LogP contribution < -0.4 is 5.43 Å². The number of fused-ring (bicyclic) bond motifs is 1. The van der Waals surface area contributed by atoms with Crippen molar-refractivity contribution in [2.75, 3.05) is 0 Å². The lowest BCUT2D eigenvalue weighted by Crippen LogP contribution is -2.21. The fraction of sp³-hybridized carbons (Fsp3) is 0.412. The first-order valence-electron chi connectivity index (χ1n) is 7.15. The molecule has 0 amide bonds. The Labute approximate surface area is 119 Å². The van der Waals surface area contributed by atoms with Crippen LogP contribution in [0.5, 0.6) is 0 Å². The number of pyridine rings is 1. The van der Waals surface area contributed by atoms with Crippen molar-refractivity contribution >= 4 is 16.7 Å². The number of hydrogen-bond acceptors (Lipinski definition) is 2. The number of hydrogen-bond donors (Lipinski definition) is 1. The molecule has 0 saturated heterocycles. The van der Waals surface area contributed by atoms with Gasteiger partial charge in [-0.2, -0.15) is 0 Å². The molecular weight excluding hydrogens is 250 g/mol. The molecule has 106 valence electrons. The molecule has 3 nitrogen and oxygen atoms in total. The quantitative estimate of drug-likeness (QED) is 0.906. The fourth-order valence-electron chi connectivity index (χ4n) is 2.69. The van der Waals surface area contributed by atoms with Gasteiger partial charge in [-0.3, -0.25) is 9.59 Å². The van der Waals surface area contributed by atoms with E-state index in [2.05, 4.69) is 11.9 Å². The van der Waals surface area contributed by atoms with Crippen molar-refractivity contribution in [1.29, 1.82) is 0 Å². The van der Waals surface area contributed by atoms with Crippen LogP contribution in [0.2, 0.25) is 0 Å². The van der Waals surface area contributed by atoms with E-state index in [1.165, 1.54) is 0 Å². The average Bonchev–Trinajstić information content (AvgIpc) is 2.42. The molecule has 1 aromatic carbocycles. The molecular formula is C17H21NO2. The van der Waals surface area contributed by atoms with Crippen molar-refractivity contribution in [3.8, 4) is 0 Å². The lowest BCUT2D eigenvalue weighted by Gasteiger charge is -2.14. The number of nitrogens with one attached hydrogen (secondary N) is 1. The minimum absolute atomic E-state index is 0.0547. The number of rotatable bonds is 5. The van der Waals surface area contributed by atoms with E-state index in [4.69, 9.17) is 0 Å². The molecule has 1 atom stereocenters. The van der Waals surface area contributed by atoms with Crippen LogP contribution in [0.25, 0.3) is 10.9 Å². The fourth-order valence-corrected chi connectivity index (χ4v) is 2.69. The number of ketones is 1. The molecule has 0 spiro atoms. The number of Topliss-reactive ketones (excluding diaryl/α,β-unsaturated/α-hetero) is 1. The number of aromatic amines is 1. The van der Waals surface area contributed by atoms with Crippen LogP contribution in [-0.2, 0) is 11.2 Å². The Morgan fingerprint density at radius 2 is 2.00 bits per heavy atom. The first kappa shape index (κ1) is 14.5. The van der Waals surface area contributed by atoms with Gasteiger partial charge in [-0.1, -0.05) is 25.5 Å². The highest BCUT2D eigenvalue weighted by atomic mass is 16.1. The number of aromatic nitrogens is 1. The standard InChI is InChI=1S/C17H21NO2/c1-4-7-13(12(3)19)10-15-11(2)18-16-9-6-5-8-14(16)17(15)20/h5-6,8-9,13H,4,7,10H2,1-3H3,(H,18,20)/t13-/m1/s1. The Morgan fingerprint density at radius 1 is 1.30 bits per heavy atom. The SMILES string of the molecule is CCC[C@H](Cc1c(C)[nH]c2ccccc2c1=O)C(C)=O. The third-order valence-electron chi connectivity index (χ3n) is 3.88. The molecule has 1 aromatic heterocycles. The number of carbonyl (C=O) groups excluding carboxylic acids is 1. The van der Waals surface area contributed by atoms with Crippen molar-refractivity contribution in [2.24, 2.45) is 5.92 Å². The molecule has 3 heteroatoms. The summed E-state index contributed by atoms with van der Waals surface area (Å²) in [4.78, 5) is 27.6. The zero-order chi connectivity index (χ0) is 14.7. The minimum atomic E-state index is -0.0547. The van der Waals surface area contributed by atoms with Gasteiger partial charge in [0.05, 0.1) is 0 Å². The number of H-pyrrole nitrogens is 1. The molecule has 0 unspecified atom stereocenters. The number of aryl methyl sites for hydroxylation is 1. The van der Waals surface area contributed by atoms with Crippen molar-refractivity contribution in [1.82, 2.24) is 4.98 Å². The number of para-hydroxylation sites is 1. The van der Waals surface area contributed by atoms with Gasteiger partial charge in [-0.05, 0) is 38.8 Å². The Kier molecular flexibility index (Phi) is 4.38. The Hall–Kier alpha value is -1.90. The van der Waals surface area contributed by atoms with Crippen molar-refractivity contribution in [3.63, 3.8) is 0 Å². The maximum absolute atomic E-state index is 12.6. The maximum Gasteiger partial charge on any atom is 0.192 e. The van der Waals surface area contributed by atoms with Crippen LogP contribution in [0, 0.1) is 12.8 Å². The zero-order valence-corrected chi connectivity index (χ0v) is 12.3. The highest BCUT2D eigenvalue weighted by Crippen LogP contribution is 2.17. The summed E-state index contributed by atoms with van der Waals surface area (Å²) in [6.45, 7) is 5.59.